The number of nitrogens with one attached hydrogen (secondary N) is 1. The van der Waals surface area contributed by atoms with Crippen molar-refractivity contribution in [3.05, 3.63) is 52.5 Å². The van der Waals surface area contributed by atoms with Gasteiger partial charge in [-0.3, -0.25) is 10.1 Å². The van der Waals surface area contributed by atoms with E-state index < -0.39 is 0 Å². The molecule has 25 heavy (non-hydrogen) atoms. The summed E-state index contributed by atoms with van der Waals surface area (Å²) in [4.78, 5) is 12.2. The molecule has 0 atom stereocenters. The third-order valence-electron chi connectivity index (χ3n) is 3.56. The maximum atomic E-state index is 12.2. The van der Waals surface area contributed by atoms with E-state index in [9.17, 15) is 4.79 Å². The minimum absolute atomic E-state index is 0.0589. The number of aromatic nitrogens is 2. The minimum atomic E-state index is -0.259. The summed E-state index contributed by atoms with van der Waals surface area (Å²) in [5, 5.41) is 10.4. The number of carbonyl (C=O) groups excluding carboxylic acids is 1. The number of fused-ring (bicyclic) bond motifs is 1. The lowest BCUT2D eigenvalue weighted by atomic mass is 10.1. The van der Waals surface area contributed by atoms with E-state index in [2.05, 4.69) is 31.4 Å². The van der Waals surface area contributed by atoms with Crippen LogP contribution in [0.15, 0.2) is 51.4 Å². The van der Waals surface area contributed by atoms with E-state index >= 15 is 0 Å². The zero-order chi connectivity index (χ0) is 17.2. The molecule has 0 saturated heterocycles. The summed E-state index contributed by atoms with van der Waals surface area (Å²) in [5.74, 6) is 1.40. The number of anilines is 1. The molecular formula is C17H12BrN3O4. The zero-order valence-corrected chi connectivity index (χ0v) is 14.4. The number of carbonyl (C=O) groups is 1. The van der Waals surface area contributed by atoms with E-state index in [1.807, 2.05) is 30.3 Å². The number of amides is 1. The molecule has 0 fully saturated rings. The van der Waals surface area contributed by atoms with Crippen LogP contribution in [0.5, 0.6) is 11.5 Å². The van der Waals surface area contributed by atoms with Crippen molar-refractivity contribution in [2.45, 2.75) is 6.42 Å². The number of benzene rings is 2. The van der Waals surface area contributed by atoms with Gasteiger partial charge in [0.15, 0.2) is 11.5 Å². The van der Waals surface area contributed by atoms with Crippen molar-refractivity contribution >= 4 is 27.9 Å². The van der Waals surface area contributed by atoms with Gasteiger partial charge >= 0.3 is 6.01 Å². The Morgan fingerprint density at radius 2 is 1.88 bits per heavy atom. The Kier molecular flexibility index (Phi) is 4.10. The highest BCUT2D eigenvalue weighted by atomic mass is 79.9. The zero-order valence-electron chi connectivity index (χ0n) is 12.9. The molecule has 4 rings (SSSR count). The third kappa shape index (κ3) is 3.48. The second kappa shape index (κ2) is 6.56. The van der Waals surface area contributed by atoms with Crippen LogP contribution in [-0.2, 0) is 11.2 Å². The lowest BCUT2D eigenvalue weighted by molar-refractivity contribution is -0.115. The van der Waals surface area contributed by atoms with E-state index in [4.69, 9.17) is 13.9 Å². The van der Waals surface area contributed by atoms with Gasteiger partial charge in [-0.2, -0.15) is 0 Å². The lowest BCUT2D eigenvalue weighted by Gasteiger charge is -2.02. The SMILES string of the molecule is O=C(Cc1ccc2c(c1)OCO2)Nc1nnc(-c2ccc(Br)cc2)o1. The molecule has 2 aromatic carbocycles. The van der Waals surface area contributed by atoms with Gasteiger partial charge in [0.25, 0.3) is 0 Å². The quantitative estimate of drug-likeness (QED) is 0.720. The van der Waals surface area contributed by atoms with Gasteiger partial charge in [-0.25, -0.2) is 0 Å². The molecule has 8 heteroatoms. The van der Waals surface area contributed by atoms with Gasteiger partial charge in [0.1, 0.15) is 0 Å². The monoisotopic (exact) mass is 401 g/mol. The maximum Gasteiger partial charge on any atom is 0.322 e. The second-order valence-electron chi connectivity index (χ2n) is 5.33. The van der Waals surface area contributed by atoms with Crippen LogP contribution in [-0.4, -0.2) is 22.9 Å². The highest BCUT2D eigenvalue weighted by molar-refractivity contribution is 9.10. The molecule has 7 nitrogen and oxygen atoms in total. The van der Waals surface area contributed by atoms with Crippen LogP contribution in [0.2, 0.25) is 0 Å². The number of rotatable bonds is 4. The standard InChI is InChI=1S/C17H12BrN3O4/c18-12-4-2-11(3-5-12)16-20-21-17(25-16)19-15(22)8-10-1-6-13-14(7-10)24-9-23-13/h1-7H,8-9H2,(H,19,21,22). The first-order chi connectivity index (χ1) is 12.2. The third-order valence-corrected chi connectivity index (χ3v) is 4.09. The molecule has 1 amide bonds. The highest BCUT2D eigenvalue weighted by Crippen LogP contribution is 2.32. The van der Waals surface area contributed by atoms with Gasteiger partial charge in [-0.1, -0.05) is 27.1 Å². The van der Waals surface area contributed by atoms with Crippen molar-refractivity contribution in [2.75, 3.05) is 12.1 Å². The van der Waals surface area contributed by atoms with Gasteiger partial charge in [-0.05, 0) is 42.0 Å². The van der Waals surface area contributed by atoms with E-state index in [0.29, 0.717) is 17.4 Å². The maximum absolute atomic E-state index is 12.2. The largest absolute Gasteiger partial charge is 0.454 e. The molecule has 0 saturated carbocycles. The van der Waals surface area contributed by atoms with E-state index in [1.54, 1.807) is 12.1 Å². The highest BCUT2D eigenvalue weighted by Gasteiger charge is 2.16. The van der Waals surface area contributed by atoms with Crippen molar-refractivity contribution in [1.29, 1.82) is 0 Å². The van der Waals surface area contributed by atoms with Gasteiger partial charge in [0.05, 0.1) is 6.42 Å². The number of ether oxygens (including phenoxy) is 2. The smallest absolute Gasteiger partial charge is 0.322 e. The number of nitrogens with zero attached hydrogens (tertiary/aromatic N) is 2. The second-order valence-corrected chi connectivity index (χ2v) is 6.25. The molecule has 1 aliphatic heterocycles. The first kappa shape index (κ1) is 15.6. The van der Waals surface area contributed by atoms with Gasteiger partial charge < -0.3 is 13.9 Å². The van der Waals surface area contributed by atoms with Crippen LogP contribution in [0.25, 0.3) is 11.5 Å². The summed E-state index contributed by atoms with van der Waals surface area (Å²) in [5.41, 5.74) is 1.57. The predicted octanol–water partition coefficient (Wildman–Crippen LogP) is 3.41. The number of halogens is 1. The van der Waals surface area contributed by atoms with Crippen LogP contribution in [0.1, 0.15) is 5.56 Å². The van der Waals surface area contributed by atoms with Crippen LogP contribution in [0.3, 0.4) is 0 Å². The molecule has 0 unspecified atom stereocenters. The molecule has 2 heterocycles. The van der Waals surface area contributed by atoms with Gasteiger partial charge in [0, 0.05) is 10.0 Å². The molecule has 1 aliphatic rings. The Morgan fingerprint density at radius 1 is 1.08 bits per heavy atom. The first-order valence-electron chi connectivity index (χ1n) is 7.45. The van der Waals surface area contributed by atoms with Crippen LogP contribution in [0, 0.1) is 0 Å². The Morgan fingerprint density at radius 3 is 2.72 bits per heavy atom. The summed E-state index contributed by atoms with van der Waals surface area (Å²) < 4.78 is 17.0. The van der Waals surface area contributed by atoms with Crippen molar-refractivity contribution in [2.24, 2.45) is 0 Å². The Balaban J connectivity index is 1.42. The van der Waals surface area contributed by atoms with Crippen LogP contribution >= 0.6 is 15.9 Å². The molecular weight excluding hydrogens is 390 g/mol. The van der Waals surface area contributed by atoms with Gasteiger partial charge in [-0.15, -0.1) is 5.10 Å². The fourth-order valence-electron chi connectivity index (χ4n) is 2.38. The minimum Gasteiger partial charge on any atom is -0.454 e. The Labute approximate surface area is 151 Å². The normalized spacial score (nSPS) is 12.2. The average molecular weight is 402 g/mol. The Hall–Kier alpha value is -2.87. The molecule has 0 spiro atoms. The number of hydrogen-bond donors (Lipinski definition) is 1. The molecule has 0 bridgehead atoms. The van der Waals surface area contributed by atoms with E-state index in [-0.39, 0.29) is 25.1 Å². The summed E-state index contributed by atoms with van der Waals surface area (Å²) in [7, 11) is 0. The molecule has 3 aromatic rings. The van der Waals surface area contributed by atoms with Crippen molar-refractivity contribution in [3.8, 4) is 23.0 Å². The summed E-state index contributed by atoms with van der Waals surface area (Å²) >= 11 is 3.37. The number of hydrogen-bond acceptors (Lipinski definition) is 6. The Bertz CT molecular complexity index is 924. The summed E-state index contributed by atoms with van der Waals surface area (Å²) in [6, 6.07) is 12.9. The van der Waals surface area contributed by atoms with Crippen LogP contribution in [0.4, 0.5) is 6.01 Å². The van der Waals surface area contributed by atoms with Crippen molar-refractivity contribution in [1.82, 2.24) is 10.2 Å². The van der Waals surface area contributed by atoms with Crippen LogP contribution < -0.4 is 14.8 Å². The summed E-state index contributed by atoms with van der Waals surface area (Å²) in [6.07, 6.45) is 0.159. The van der Waals surface area contributed by atoms with E-state index in [0.717, 1.165) is 15.6 Å². The first-order valence-corrected chi connectivity index (χ1v) is 8.24. The predicted molar refractivity (Wildman–Crippen MR) is 92.3 cm³/mol. The fourth-order valence-corrected chi connectivity index (χ4v) is 2.65. The molecule has 1 aromatic heterocycles. The molecule has 1 N–H and O–H groups in total. The molecule has 126 valence electrons. The topological polar surface area (TPSA) is 86.5 Å². The average Bonchev–Trinajstić information content (AvgIpc) is 3.24. The van der Waals surface area contributed by atoms with Crippen molar-refractivity contribution in [3.63, 3.8) is 0 Å². The molecule has 0 aliphatic carbocycles. The summed E-state index contributed by atoms with van der Waals surface area (Å²) in [6.45, 7) is 0.200. The fraction of sp³-hybridized carbons (Fsp3) is 0.118. The molecule has 0 radical (unpaired) electrons. The van der Waals surface area contributed by atoms with Crippen molar-refractivity contribution < 1.29 is 18.7 Å². The van der Waals surface area contributed by atoms with E-state index in [1.165, 1.54) is 0 Å². The lowest BCUT2D eigenvalue weighted by Crippen LogP contribution is -2.14. The van der Waals surface area contributed by atoms with Gasteiger partial charge in [0.2, 0.25) is 18.6 Å².